The summed E-state index contributed by atoms with van der Waals surface area (Å²) < 4.78 is 5.06. The van der Waals surface area contributed by atoms with Crippen molar-refractivity contribution < 1.29 is 9.53 Å². The van der Waals surface area contributed by atoms with Crippen molar-refractivity contribution in [3.05, 3.63) is 47.9 Å². The third kappa shape index (κ3) is 3.71. The number of carbonyl (C=O) groups is 1. The molecular formula is C21H19N5O2. The Morgan fingerprint density at radius 3 is 2.64 bits per heavy atom. The van der Waals surface area contributed by atoms with Crippen LogP contribution in [0.2, 0.25) is 0 Å². The number of hydrogen-bond acceptors (Lipinski definition) is 6. The highest BCUT2D eigenvalue weighted by atomic mass is 16.5. The first-order valence-electron chi connectivity index (χ1n) is 8.97. The monoisotopic (exact) mass is 373 g/mol. The fourth-order valence-corrected chi connectivity index (χ4v) is 2.79. The second-order valence-electron chi connectivity index (χ2n) is 6.49. The van der Waals surface area contributed by atoms with Gasteiger partial charge in [-0.05, 0) is 25.0 Å². The highest BCUT2D eigenvalue weighted by Gasteiger charge is 2.29. The third-order valence-corrected chi connectivity index (χ3v) is 4.50. The SMILES string of the molecule is CNc1ncc(C#Cc2ccc(OC)nc2)c2cc(NC(=O)C3CC3)ncc12. The van der Waals surface area contributed by atoms with E-state index >= 15 is 0 Å². The van der Waals surface area contributed by atoms with Gasteiger partial charge < -0.3 is 15.4 Å². The molecule has 0 atom stereocenters. The molecule has 0 aliphatic heterocycles. The van der Waals surface area contributed by atoms with Crippen molar-refractivity contribution >= 4 is 28.3 Å². The van der Waals surface area contributed by atoms with Gasteiger partial charge in [0, 0.05) is 54.0 Å². The van der Waals surface area contributed by atoms with E-state index in [1.165, 1.54) is 0 Å². The molecule has 7 nitrogen and oxygen atoms in total. The van der Waals surface area contributed by atoms with Crippen LogP contribution >= 0.6 is 0 Å². The minimum absolute atomic E-state index is 0.0201. The molecular weight excluding hydrogens is 354 g/mol. The van der Waals surface area contributed by atoms with E-state index in [0.29, 0.717) is 17.5 Å². The van der Waals surface area contributed by atoms with Crippen LogP contribution in [-0.4, -0.2) is 35.0 Å². The van der Waals surface area contributed by atoms with Gasteiger partial charge in [-0.3, -0.25) is 4.79 Å². The Balaban J connectivity index is 1.71. The van der Waals surface area contributed by atoms with Crippen LogP contribution in [0.5, 0.6) is 5.88 Å². The van der Waals surface area contributed by atoms with Gasteiger partial charge in [0.1, 0.15) is 11.6 Å². The Labute approximate surface area is 162 Å². The van der Waals surface area contributed by atoms with Gasteiger partial charge in [0.05, 0.1) is 12.7 Å². The van der Waals surface area contributed by atoms with E-state index in [1.807, 2.05) is 12.1 Å². The Morgan fingerprint density at radius 2 is 1.96 bits per heavy atom. The molecule has 0 aromatic carbocycles. The standard InChI is InChI=1S/C21H19N5O2/c1-22-20-17-12-23-18(26-21(27)14-6-7-14)9-16(17)15(11-25-20)5-3-13-4-8-19(28-2)24-10-13/h4,8-12,14H,6-7H2,1-2H3,(H,22,25)(H,23,26,27). The number of hydrogen-bond donors (Lipinski definition) is 2. The molecule has 0 bridgehead atoms. The Kier molecular flexibility index (Phi) is 4.77. The molecule has 28 heavy (non-hydrogen) atoms. The van der Waals surface area contributed by atoms with Crippen LogP contribution < -0.4 is 15.4 Å². The molecule has 3 heterocycles. The summed E-state index contributed by atoms with van der Waals surface area (Å²) in [5.74, 6) is 8.14. The van der Waals surface area contributed by atoms with Gasteiger partial charge in [0.2, 0.25) is 11.8 Å². The zero-order valence-electron chi connectivity index (χ0n) is 15.6. The lowest BCUT2D eigenvalue weighted by atomic mass is 10.1. The van der Waals surface area contributed by atoms with Crippen molar-refractivity contribution in [1.82, 2.24) is 15.0 Å². The number of aromatic nitrogens is 3. The van der Waals surface area contributed by atoms with Crippen LogP contribution in [0.15, 0.2) is 36.8 Å². The fraction of sp³-hybridized carbons (Fsp3) is 0.238. The first kappa shape index (κ1) is 17.7. The zero-order valence-corrected chi connectivity index (χ0v) is 15.6. The summed E-state index contributed by atoms with van der Waals surface area (Å²) in [5, 5.41) is 7.66. The maximum Gasteiger partial charge on any atom is 0.228 e. The van der Waals surface area contributed by atoms with Crippen LogP contribution in [-0.2, 0) is 4.79 Å². The smallest absolute Gasteiger partial charge is 0.228 e. The Bertz CT molecular complexity index is 1100. The summed E-state index contributed by atoms with van der Waals surface area (Å²) in [6.45, 7) is 0. The maximum atomic E-state index is 12.1. The minimum atomic E-state index is 0.0201. The lowest BCUT2D eigenvalue weighted by Crippen LogP contribution is -2.14. The predicted molar refractivity (Wildman–Crippen MR) is 107 cm³/mol. The van der Waals surface area contributed by atoms with Gasteiger partial charge >= 0.3 is 0 Å². The number of amides is 1. The summed E-state index contributed by atoms with van der Waals surface area (Å²) in [7, 11) is 3.38. The molecule has 0 spiro atoms. The molecule has 7 heteroatoms. The highest BCUT2D eigenvalue weighted by Crippen LogP contribution is 2.31. The number of rotatable bonds is 4. The number of carbonyl (C=O) groups excluding carboxylic acids is 1. The molecule has 1 amide bonds. The van der Waals surface area contributed by atoms with Crippen molar-refractivity contribution in [3.63, 3.8) is 0 Å². The van der Waals surface area contributed by atoms with Gasteiger partial charge in [-0.1, -0.05) is 11.8 Å². The molecule has 1 saturated carbocycles. The first-order chi connectivity index (χ1) is 13.7. The summed E-state index contributed by atoms with van der Waals surface area (Å²) in [5.41, 5.74) is 1.51. The van der Waals surface area contributed by atoms with Crippen molar-refractivity contribution in [2.45, 2.75) is 12.8 Å². The number of fused-ring (bicyclic) bond motifs is 1. The van der Waals surface area contributed by atoms with Crippen LogP contribution in [0, 0.1) is 17.8 Å². The van der Waals surface area contributed by atoms with Crippen molar-refractivity contribution in [1.29, 1.82) is 0 Å². The molecule has 1 aliphatic carbocycles. The van der Waals surface area contributed by atoms with Crippen LogP contribution in [0.1, 0.15) is 24.0 Å². The minimum Gasteiger partial charge on any atom is -0.481 e. The van der Waals surface area contributed by atoms with E-state index in [4.69, 9.17) is 4.74 Å². The molecule has 4 rings (SSSR count). The maximum absolute atomic E-state index is 12.1. The van der Waals surface area contributed by atoms with Gasteiger partial charge in [-0.25, -0.2) is 15.0 Å². The molecule has 1 fully saturated rings. The molecule has 1 aliphatic rings. The molecule has 140 valence electrons. The zero-order chi connectivity index (χ0) is 19.5. The van der Waals surface area contributed by atoms with Gasteiger partial charge in [0.25, 0.3) is 0 Å². The molecule has 0 unspecified atom stereocenters. The normalized spacial score (nSPS) is 12.8. The molecule has 3 aromatic heterocycles. The van der Waals surface area contributed by atoms with Crippen molar-refractivity contribution in [2.24, 2.45) is 5.92 Å². The summed E-state index contributed by atoms with van der Waals surface area (Å²) in [6.07, 6.45) is 6.97. The van der Waals surface area contributed by atoms with E-state index in [0.717, 1.165) is 34.7 Å². The summed E-state index contributed by atoms with van der Waals surface area (Å²) in [6, 6.07) is 5.45. The molecule has 0 saturated heterocycles. The number of nitrogens with one attached hydrogen (secondary N) is 2. The highest BCUT2D eigenvalue weighted by molar-refractivity contribution is 5.99. The number of pyridine rings is 3. The Hall–Kier alpha value is -3.66. The number of methoxy groups -OCH3 is 1. The lowest BCUT2D eigenvalue weighted by molar-refractivity contribution is -0.117. The largest absolute Gasteiger partial charge is 0.481 e. The van der Waals surface area contributed by atoms with E-state index in [-0.39, 0.29) is 11.8 Å². The second-order valence-corrected chi connectivity index (χ2v) is 6.49. The van der Waals surface area contributed by atoms with Crippen molar-refractivity contribution in [3.8, 4) is 17.7 Å². The quantitative estimate of drug-likeness (QED) is 0.684. The van der Waals surface area contributed by atoms with E-state index in [1.54, 1.807) is 38.8 Å². The van der Waals surface area contributed by atoms with Crippen LogP contribution in [0.3, 0.4) is 0 Å². The molecule has 3 aromatic rings. The van der Waals surface area contributed by atoms with Gasteiger partial charge in [-0.15, -0.1) is 0 Å². The average Bonchev–Trinajstić information content (AvgIpc) is 3.58. The molecule has 2 N–H and O–H groups in total. The lowest BCUT2D eigenvalue weighted by Gasteiger charge is -2.09. The fourth-order valence-electron chi connectivity index (χ4n) is 2.79. The first-order valence-corrected chi connectivity index (χ1v) is 8.97. The summed E-state index contributed by atoms with van der Waals surface area (Å²) >= 11 is 0. The average molecular weight is 373 g/mol. The van der Waals surface area contributed by atoms with Gasteiger partial charge in [-0.2, -0.15) is 0 Å². The topological polar surface area (TPSA) is 89.0 Å². The predicted octanol–water partition coefficient (Wildman–Crippen LogP) is 2.82. The number of ether oxygens (including phenoxy) is 1. The summed E-state index contributed by atoms with van der Waals surface area (Å²) in [4.78, 5) is 25.0. The Morgan fingerprint density at radius 1 is 1.11 bits per heavy atom. The number of nitrogens with zero attached hydrogens (tertiary/aromatic N) is 3. The number of anilines is 2. The van der Waals surface area contributed by atoms with Crippen LogP contribution in [0.4, 0.5) is 11.6 Å². The van der Waals surface area contributed by atoms with Crippen LogP contribution in [0.25, 0.3) is 10.8 Å². The van der Waals surface area contributed by atoms with Gasteiger partial charge in [0.15, 0.2) is 0 Å². The van der Waals surface area contributed by atoms with E-state index in [2.05, 4.69) is 37.4 Å². The van der Waals surface area contributed by atoms with E-state index < -0.39 is 0 Å². The van der Waals surface area contributed by atoms with E-state index in [9.17, 15) is 4.79 Å². The van der Waals surface area contributed by atoms with Crippen molar-refractivity contribution in [2.75, 3.05) is 24.8 Å². The third-order valence-electron chi connectivity index (χ3n) is 4.50. The molecule has 0 radical (unpaired) electrons. The second kappa shape index (κ2) is 7.53.